The monoisotopic (exact) mass is 464 g/mol. The third-order valence-electron chi connectivity index (χ3n) is 5.80. The summed E-state index contributed by atoms with van der Waals surface area (Å²) in [5, 5.41) is 3.69. The smallest absolute Gasteiger partial charge is 0.243 e. The fourth-order valence-electron chi connectivity index (χ4n) is 3.99. The summed E-state index contributed by atoms with van der Waals surface area (Å²) in [4.78, 5) is 13.0. The summed E-state index contributed by atoms with van der Waals surface area (Å²) in [5.74, 6) is 1.02. The van der Waals surface area contributed by atoms with Gasteiger partial charge in [-0.3, -0.25) is 4.79 Å². The Morgan fingerprint density at radius 1 is 1.16 bits per heavy atom. The Kier molecular flexibility index (Phi) is 6.41. The second-order valence-electron chi connectivity index (χ2n) is 7.83. The molecule has 2 aliphatic rings. The van der Waals surface area contributed by atoms with Crippen LogP contribution in [0.1, 0.15) is 18.4 Å². The van der Waals surface area contributed by atoms with Crippen LogP contribution in [0.25, 0.3) is 0 Å². The molecule has 0 spiro atoms. The number of benzene rings is 2. The molecule has 0 saturated carbocycles. The molecule has 1 fully saturated rings. The largest absolute Gasteiger partial charge is 0.497 e. The zero-order valence-corrected chi connectivity index (χ0v) is 18.8. The molecule has 0 aliphatic carbocycles. The van der Waals surface area contributed by atoms with Crippen LogP contribution in [0.3, 0.4) is 0 Å². The van der Waals surface area contributed by atoms with E-state index in [-0.39, 0.29) is 22.8 Å². The number of carbonyl (C=O) groups excluding carboxylic acids is 1. The third-order valence-corrected chi connectivity index (χ3v) is 7.95. The average molecular weight is 465 g/mol. The number of hydrogen-bond donors (Lipinski definition) is 1. The zero-order valence-electron chi connectivity index (χ0n) is 17.2. The lowest BCUT2D eigenvalue weighted by atomic mass is 9.95. The van der Waals surface area contributed by atoms with Crippen molar-refractivity contribution in [2.45, 2.75) is 30.2 Å². The number of hydrogen-bond acceptors (Lipinski definition) is 5. The molecule has 1 N–H and O–H groups in total. The van der Waals surface area contributed by atoms with Crippen LogP contribution < -0.4 is 14.8 Å². The minimum Gasteiger partial charge on any atom is -0.497 e. The number of carbonyl (C=O) groups is 1. The number of sulfonamides is 1. The first-order valence-corrected chi connectivity index (χ1v) is 12.0. The van der Waals surface area contributed by atoms with Crippen molar-refractivity contribution >= 4 is 27.5 Å². The van der Waals surface area contributed by atoms with E-state index >= 15 is 0 Å². The lowest BCUT2D eigenvalue weighted by molar-refractivity contribution is -0.127. The standard InChI is InChI=1S/C22H25ClN2O5S/c1-29-19-3-5-20(6-4-19)31(27,28)25-10-8-18(9-11-25)24-22(26)16-12-15-13-17(23)2-7-21(15)30-14-16/h2-7,13,16,18H,8-12,14H2,1H3,(H,24,26). The first-order chi connectivity index (χ1) is 14.9. The van der Waals surface area contributed by atoms with Crippen molar-refractivity contribution in [3.8, 4) is 11.5 Å². The van der Waals surface area contributed by atoms with Gasteiger partial charge in [-0.05, 0) is 67.3 Å². The van der Waals surface area contributed by atoms with E-state index in [0.29, 0.717) is 49.7 Å². The number of rotatable bonds is 5. The predicted molar refractivity (Wildman–Crippen MR) is 117 cm³/mol. The number of nitrogens with one attached hydrogen (secondary N) is 1. The van der Waals surface area contributed by atoms with E-state index in [0.717, 1.165) is 11.3 Å². The van der Waals surface area contributed by atoms with Gasteiger partial charge in [-0.15, -0.1) is 0 Å². The van der Waals surface area contributed by atoms with Crippen LogP contribution in [0.4, 0.5) is 0 Å². The summed E-state index contributed by atoms with van der Waals surface area (Å²) in [5.41, 5.74) is 0.930. The fraction of sp³-hybridized carbons (Fsp3) is 0.409. The predicted octanol–water partition coefficient (Wildman–Crippen LogP) is 2.87. The van der Waals surface area contributed by atoms with Crippen LogP contribution in [0, 0.1) is 5.92 Å². The number of nitrogens with zero attached hydrogens (tertiary/aromatic N) is 1. The van der Waals surface area contributed by atoms with Crippen molar-refractivity contribution in [2.24, 2.45) is 5.92 Å². The SMILES string of the molecule is COc1ccc(S(=O)(=O)N2CCC(NC(=O)C3COc4ccc(Cl)cc4C3)CC2)cc1. The maximum atomic E-state index is 12.9. The van der Waals surface area contributed by atoms with Gasteiger partial charge in [0.1, 0.15) is 18.1 Å². The highest BCUT2D eigenvalue weighted by atomic mass is 35.5. The van der Waals surface area contributed by atoms with Gasteiger partial charge in [-0.1, -0.05) is 11.6 Å². The summed E-state index contributed by atoms with van der Waals surface area (Å²) in [6.07, 6.45) is 1.71. The van der Waals surface area contributed by atoms with Gasteiger partial charge in [0.2, 0.25) is 15.9 Å². The Morgan fingerprint density at radius 3 is 2.55 bits per heavy atom. The lowest BCUT2D eigenvalue weighted by Gasteiger charge is -2.33. The molecule has 2 aliphatic heterocycles. The average Bonchev–Trinajstić information content (AvgIpc) is 2.79. The van der Waals surface area contributed by atoms with Crippen LogP contribution in [0.2, 0.25) is 5.02 Å². The van der Waals surface area contributed by atoms with Gasteiger partial charge in [0.25, 0.3) is 0 Å². The molecule has 7 nitrogen and oxygen atoms in total. The van der Waals surface area contributed by atoms with E-state index < -0.39 is 10.0 Å². The van der Waals surface area contributed by atoms with Crippen molar-refractivity contribution in [3.05, 3.63) is 53.1 Å². The highest BCUT2D eigenvalue weighted by Gasteiger charge is 2.32. The highest BCUT2D eigenvalue weighted by Crippen LogP contribution is 2.30. The van der Waals surface area contributed by atoms with Gasteiger partial charge in [0, 0.05) is 24.2 Å². The van der Waals surface area contributed by atoms with Gasteiger partial charge >= 0.3 is 0 Å². The van der Waals surface area contributed by atoms with Crippen LogP contribution in [-0.2, 0) is 21.2 Å². The normalized spacial score (nSPS) is 19.9. The lowest BCUT2D eigenvalue weighted by Crippen LogP contribution is -2.49. The van der Waals surface area contributed by atoms with Gasteiger partial charge in [-0.2, -0.15) is 4.31 Å². The van der Waals surface area contributed by atoms with Gasteiger partial charge in [0.15, 0.2) is 0 Å². The van der Waals surface area contributed by atoms with Gasteiger partial charge in [-0.25, -0.2) is 8.42 Å². The molecule has 1 saturated heterocycles. The topological polar surface area (TPSA) is 84.9 Å². The maximum Gasteiger partial charge on any atom is 0.243 e. The molecule has 4 rings (SSSR count). The molecule has 0 aromatic heterocycles. The van der Waals surface area contributed by atoms with E-state index in [1.54, 1.807) is 30.3 Å². The van der Waals surface area contributed by atoms with Gasteiger partial charge < -0.3 is 14.8 Å². The Bertz CT molecular complexity index is 1050. The van der Waals surface area contributed by atoms with E-state index in [9.17, 15) is 13.2 Å². The van der Waals surface area contributed by atoms with Crippen molar-refractivity contribution in [3.63, 3.8) is 0 Å². The first-order valence-electron chi connectivity index (χ1n) is 10.2. The van der Waals surface area contributed by atoms with Crippen LogP contribution in [0.5, 0.6) is 11.5 Å². The number of halogens is 1. The van der Waals surface area contributed by atoms with E-state index in [1.807, 2.05) is 12.1 Å². The molecule has 166 valence electrons. The molecule has 2 aromatic rings. The molecule has 2 heterocycles. The second-order valence-corrected chi connectivity index (χ2v) is 10.2. The quantitative estimate of drug-likeness (QED) is 0.735. The first kappa shape index (κ1) is 21.9. The van der Waals surface area contributed by atoms with Crippen LogP contribution in [0.15, 0.2) is 47.4 Å². The molecular weight excluding hydrogens is 440 g/mol. The molecular formula is C22H25ClN2O5S. The number of methoxy groups -OCH3 is 1. The molecule has 2 aromatic carbocycles. The summed E-state index contributed by atoms with van der Waals surface area (Å²) in [6.45, 7) is 1.04. The molecule has 9 heteroatoms. The van der Waals surface area contributed by atoms with Crippen LogP contribution in [-0.4, -0.2) is 51.5 Å². The summed E-state index contributed by atoms with van der Waals surface area (Å²) in [7, 11) is -2.03. The second kappa shape index (κ2) is 9.06. The number of fused-ring (bicyclic) bond motifs is 1. The fourth-order valence-corrected chi connectivity index (χ4v) is 5.65. The molecule has 31 heavy (non-hydrogen) atoms. The van der Waals surface area contributed by atoms with Crippen molar-refractivity contribution in [2.75, 3.05) is 26.8 Å². The minimum atomic E-state index is -3.56. The zero-order chi connectivity index (χ0) is 22.0. The molecule has 0 bridgehead atoms. The Morgan fingerprint density at radius 2 is 1.87 bits per heavy atom. The Labute approximate surface area is 187 Å². The van der Waals surface area contributed by atoms with E-state index in [2.05, 4.69) is 5.32 Å². The Balaban J connectivity index is 1.32. The van der Waals surface area contributed by atoms with E-state index in [1.165, 1.54) is 11.4 Å². The minimum absolute atomic E-state index is 0.0597. The summed E-state index contributed by atoms with van der Waals surface area (Å²) >= 11 is 6.05. The molecule has 0 radical (unpaired) electrons. The van der Waals surface area contributed by atoms with Gasteiger partial charge in [0.05, 0.1) is 17.9 Å². The molecule has 1 atom stereocenters. The van der Waals surface area contributed by atoms with Crippen molar-refractivity contribution in [1.29, 1.82) is 0 Å². The maximum absolute atomic E-state index is 12.9. The number of piperidine rings is 1. The third kappa shape index (κ3) is 4.81. The number of ether oxygens (including phenoxy) is 2. The summed E-state index contributed by atoms with van der Waals surface area (Å²) < 4.78 is 38.0. The molecule has 1 unspecified atom stereocenters. The van der Waals surface area contributed by atoms with Crippen molar-refractivity contribution in [1.82, 2.24) is 9.62 Å². The highest BCUT2D eigenvalue weighted by molar-refractivity contribution is 7.89. The molecule has 1 amide bonds. The summed E-state index contributed by atoms with van der Waals surface area (Å²) in [6, 6.07) is 11.7. The Hall–Kier alpha value is -2.29. The van der Waals surface area contributed by atoms with Crippen LogP contribution >= 0.6 is 11.6 Å². The number of amides is 1. The van der Waals surface area contributed by atoms with E-state index in [4.69, 9.17) is 21.1 Å². The van der Waals surface area contributed by atoms with Crippen molar-refractivity contribution < 1.29 is 22.7 Å².